The van der Waals surface area contributed by atoms with E-state index in [-0.39, 0.29) is 33.0 Å². The number of alkyl halides is 13. The first-order valence-corrected chi connectivity index (χ1v) is 12.9. The van der Waals surface area contributed by atoms with E-state index in [1.165, 1.54) is 36.4 Å². The first-order valence-electron chi connectivity index (χ1n) is 12.1. The van der Waals surface area contributed by atoms with Crippen LogP contribution in [-0.2, 0) is 19.0 Å². The Morgan fingerprint density at radius 3 is 1.98 bits per heavy atom. The summed E-state index contributed by atoms with van der Waals surface area (Å²) < 4.78 is 177. The van der Waals surface area contributed by atoms with Crippen LogP contribution in [0.1, 0.15) is 22.3 Å². The summed E-state index contributed by atoms with van der Waals surface area (Å²) >= 11 is -0.405. The third-order valence-corrected chi connectivity index (χ3v) is 6.66. The van der Waals surface area contributed by atoms with E-state index in [2.05, 4.69) is 5.32 Å². The maximum Gasteiger partial charge on any atom is 0.460 e. The van der Waals surface area contributed by atoms with Gasteiger partial charge in [0.2, 0.25) is 0 Å². The minimum Gasteiger partial charge on any atom is -0.489 e. The summed E-state index contributed by atoms with van der Waals surface area (Å²) in [6.45, 7) is -1.50. The molecule has 0 amide bonds. The third kappa shape index (κ3) is 8.64. The predicted molar refractivity (Wildman–Crippen MR) is 134 cm³/mol. The maximum absolute atomic E-state index is 14.4. The molecule has 242 valence electrons. The highest BCUT2D eigenvalue weighted by Gasteiger charge is 2.73. The normalized spacial score (nSPS) is 14.0. The van der Waals surface area contributed by atoms with E-state index < -0.39 is 72.7 Å². The van der Waals surface area contributed by atoms with Gasteiger partial charge < -0.3 is 15.2 Å². The molecule has 0 heterocycles. The molecule has 3 aromatic rings. The number of rotatable bonds is 11. The Balaban J connectivity index is 1.98. The minimum absolute atomic E-state index is 0.0919. The van der Waals surface area contributed by atoms with Gasteiger partial charge in [0.15, 0.2) is 6.10 Å². The summed E-state index contributed by atoms with van der Waals surface area (Å²) in [6.07, 6.45) is -15.1. The molecular weight excluding hydrogens is 649 g/mol. The predicted octanol–water partition coefficient (Wildman–Crippen LogP) is 9.09. The molecule has 0 saturated heterocycles. The Kier molecular flexibility index (Phi) is 10.3. The molecule has 0 spiro atoms. The number of halogens is 13. The molecule has 0 saturated carbocycles. The summed E-state index contributed by atoms with van der Waals surface area (Å²) in [5.41, 5.74) is -6.61. The second-order valence-corrected chi connectivity index (χ2v) is 10.4. The van der Waals surface area contributed by atoms with Gasteiger partial charge >= 0.3 is 29.7 Å². The number of hydrogen-bond acceptors (Lipinski definition) is 4. The van der Waals surface area contributed by atoms with Crippen LogP contribution in [0.2, 0.25) is 0 Å². The quantitative estimate of drug-likeness (QED) is 0.158. The van der Waals surface area contributed by atoms with E-state index in [0.717, 1.165) is 18.2 Å². The highest BCUT2D eigenvalue weighted by Crippen LogP contribution is 2.52. The topological polar surface area (TPSA) is 41.5 Å². The van der Waals surface area contributed by atoms with E-state index in [4.69, 9.17) is 4.74 Å². The fourth-order valence-corrected chi connectivity index (χ4v) is 4.43. The zero-order valence-electron chi connectivity index (χ0n) is 21.7. The summed E-state index contributed by atoms with van der Waals surface area (Å²) in [6, 6.07) is 11.3. The SMILES string of the molecule is OC(CNc1cccc(OCc2cccc(SC(F)(F)F)c2)c1Cc1cccc(C(F)(F)C(F)(F)C(F)(F)F)c1)C(F)(F)F. The average Bonchev–Trinajstić information content (AvgIpc) is 2.89. The molecule has 44 heavy (non-hydrogen) atoms. The standard InChI is InChI=1S/C27H20F13NO2S/c28-23(29,25(33,34)26(35,36)37)17-6-1-4-15(10-17)12-19-20(41-13-22(42)24(30,31)32)8-3-9-21(19)43-14-16-5-2-7-18(11-16)44-27(38,39)40/h1-11,22,41-42H,12-14H2. The zero-order valence-corrected chi connectivity index (χ0v) is 22.5. The molecule has 3 nitrogen and oxygen atoms in total. The number of thioether (sulfide) groups is 1. The fourth-order valence-electron chi connectivity index (χ4n) is 3.80. The van der Waals surface area contributed by atoms with Crippen LogP contribution in [0.15, 0.2) is 71.6 Å². The van der Waals surface area contributed by atoms with Gasteiger partial charge in [0.1, 0.15) is 12.4 Å². The lowest BCUT2D eigenvalue weighted by molar-refractivity contribution is -0.359. The molecule has 3 aromatic carbocycles. The molecule has 0 aliphatic rings. The number of aliphatic hydroxyl groups excluding tert-OH is 1. The first kappa shape index (κ1) is 35.1. The largest absolute Gasteiger partial charge is 0.489 e. The summed E-state index contributed by atoms with van der Waals surface area (Å²) in [5, 5.41) is 11.7. The van der Waals surface area contributed by atoms with Crippen molar-refractivity contribution in [3.8, 4) is 5.75 Å². The number of aliphatic hydroxyl groups is 1. The first-order chi connectivity index (χ1) is 20.1. The lowest BCUT2D eigenvalue weighted by atomic mass is 9.96. The highest BCUT2D eigenvalue weighted by atomic mass is 32.2. The van der Waals surface area contributed by atoms with Crippen LogP contribution in [0, 0.1) is 0 Å². The summed E-state index contributed by atoms with van der Waals surface area (Å²) in [7, 11) is 0. The van der Waals surface area contributed by atoms with E-state index in [0.29, 0.717) is 12.1 Å². The highest BCUT2D eigenvalue weighted by molar-refractivity contribution is 8.00. The zero-order chi connectivity index (χ0) is 33.1. The molecule has 0 aliphatic carbocycles. The van der Waals surface area contributed by atoms with E-state index >= 15 is 0 Å². The van der Waals surface area contributed by atoms with Crippen molar-refractivity contribution in [2.75, 3.05) is 11.9 Å². The van der Waals surface area contributed by atoms with E-state index in [1.807, 2.05) is 0 Å². The Morgan fingerprint density at radius 1 is 0.750 bits per heavy atom. The van der Waals surface area contributed by atoms with Crippen molar-refractivity contribution in [1.29, 1.82) is 0 Å². The average molecular weight is 670 g/mol. The Hall–Kier alpha value is -3.34. The van der Waals surface area contributed by atoms with Crippen molar-refractivity contribution in [2.45, 2.75) is 53.7 Å². The summed E-state index contributed by atoms with van der Waals surface area (Å²) in [5.74, 6) is -12.3. The van der Waals surface area contributed by atoms with Crippen LogP contribution >= 0.6 is 11.8 Å². The Bertz CT molecular complexity index is 1420. The van der Waals surface area contributed by atoms with Gasteiger partial charge in [0.25, 0.3) is 0 Å². The van der Waals surface area contributed by atoms with Crippen LogP contribution in [0.3, 0.4) is 0 Å². The number of ether oxygens (including phenoxy) is 1. The number of anilines is 1. The van der Waals surface area contributed by atoms with Crippen LogP contribution in [0.5, 0.6) is 5.75 Å². The number of hydrogen-bond donors (Lipinski definition) is 2. The molecule has 0 aliphatic heterocycles. The lowest BCUT2D eigenvalue weighted by Crippen LogP contribution is -2.50. The van der Waals surface area contributed by atoms with Crippen LogP contribution < -0.4 is 10.1 Å². The second kappa shape index (κ2) is 12.9. The van der Waals surface area contributed by atoms with Gasteiger partial charge in [-0.1, -0.05) is 36.4 Å². The van der Waals surface area contributed by atoms with Gasteiger partial charge in [0.05, 0.1) is 0 Å². The minimum atomic E-state index is -6.60. The van der Waals surface area contributed by atoms with Gasteiger partial charge in [0, 0.05) is 34.7 Å². The van der Waals surface area contributed by atoms with Crippen molar-refractivity contribution in [3.63, 3.8) is 0 Å². The van der Waals surface area contributed by atoms with Crippen molar-refractivity contribution in [1.82, 2.24) is 0 Å². The molecule has 0 bridgehead atoms. The van der Waals surface area contributed by atoms with Gasteiger partial charge in [-0.05, 0) is 53.2 Å². The van der Waals surface area contributed by atoms with Crippen molar-refractivity contribution >= 4 is 17.4 Å². The van der Waals surface area contributed by atoms with Crippen LogP contribution in [0.25, 0.3) is 0 Å². The third-order valence-electron chi connectivity index (χ3n) is 5.94. The van der Waals surface area contributed by atoms with Crippen molar-refractivity contribution in [3.05, 3.63) is 89.0 Å². The van der Waals surface area contributed by atoms with Gasteiger partial charge in [-0.15, -0.1) is 0 Å². The monoisotopic (exact) mass is 669 g/mol. The number of benzene rings is 3. The molecule has 17 heteroatoms. The molecule has 2 N–H and O–H groups in total. The molecule has 1 atom stereocenters. The smallest absolute Gasteiger partial charge is 0.460 e. The molecule has 0 aromatic heterocycles. The molecule has 1 unspecified atom stereocenters. The summed E-state index contributed by atoms with van der Waals surface area (Å²) in [4.78, 5) is -0.191. The molecule has 0 fully saturated rings. The fraction of sp³-hybridized carbons (Fsp3) is 0.333. The lowest BCUT2D eigenvalue weighted by Gasteiger charge is -2.28. The van der Waals surface area contributed by atoms with E-state index in [1.54, 1.807) is 0 Å². The van der Waals surface area contributed by atoms with Gasteiger partial charge in [-0.3, -0.25) is 0 Å². The van der Waals surface area contributed by atoms with Crippen LogP contribution in [-0.4, -0.2) is 41.5 Å². The Morgan fingerprint density at radius 2 is 1.36 bits per heavy atom. The number of nitrogens with one attached hydrogen (secondary N) is 1. The second-order valence-electron chi connectivity index (χ2n) is 9.23. The Labute approximate surface area is 245 Å². The molecular formula is C27H20F13NO2S. The van der Waals surface area contributed by atoms with Gasteiger partial charge in [-0.2, -0.15) is 57.1 Å². The maximum atomic E-state index is 14.4. The molecule has 0 radical (unpaired) electrons. The van der Waals surface area contributed by atoms with E-state index in [9.17, 15) is 62.2 Å². The van der Waals surface area contributed by atoms with Crippen molar-refractivity contribution < 1.29 is 66.9 Å². The molecule has 3 rings (SSSR count). The van der Waals surface area contributed by atoms with Gasteiger partial charge in [-0.25, -0.2) is 0 Å². The van der Waals surface area contributed by atoms with Crippen molar-refractivity contribution in [2.24, 2.45) is 0 Å². The van der Waals surface area contributed by atoms with Crippen LogP contribution in [0.4, 0.5) is 62.8 Å².